The van der Waals surface area contributed by atoms with Crippen molar-refractivity contribution in [2.24, 2.45) is 5.92 Å². The van der Waals surface area contributed by atoms with Crippen LogP contribution in [0, 0.1) is 25.6 Å². The number of unbranched alkanes of at least 4 members (excludes halogenated alkanes) is 1. The minimum absolute atomic E-state index is 0.0424. The van der Waals surface area contributed by atoms with Crippen LogP contribution in [0.2, 0.25) is 0 Å². The second-order valence-corrected chi connectivity index (χ2v) is 10.6. The van der Waals surface area contributed by atoms with Crippen molar-refractivity contribution in [1.82, 2.24) is 15.1 Å². The number of anilines is 1. The molecule has 0 radical (unpaired) electrons. The monoisotopic (exact) mass is 524 g/mol. The van der Waals surface area contributed by atoms with Crippen LogP contribution in [0.25, 0.3) is 10.6 Å². The molecular formula is C28H33FN4O3S. The molecule has 1 aliphatic rings. The number of aryl methyl sites for hydroxylation is 2. The minimum Gasteiger partial charge on any atom is -0.481 e. The highest BCUT2D eigenvalue weighted by Crippen LogP contribution is 2.33. The first-order valence-corrected chi connectivity index (χ1v) is 13.6. The van der Waals surface area contributed by atoms with E-state index < -0.39 is 17.7 Å². The van der Waals surface area contributed by atoms with Crippen molar-refractivity contribution >= 4 is 28.3 Å². The van der Waals surface area contributed by atoms with E-state index >= 15 is 0 Å². The molecule has 0 unspecified atom stereocenters. The molecule has 3 aromatic rings. The fraction of sp³-hybridized carbons (Fsp3) is 0.429. The third-order valence-corrected chi connectivity index (χ3v) is 7.89. The molecule has 0 spiro atoms. The number of carboxylic acids is 1. The van der Waals surface area contributed by atoms with Crippen molar-refractivity contribution in [2.75, 3.05) is 24.5 Å². The second kappa shape index (κ2) is 11.9. The number of hydrogen-bond acceptors (Lipinski definition) is 6. The maximum absolute atomic E-state index is 14.7. The van der Waals surface area contributed by atoms with E-state index in [1.165, 1.54) is 22.3 Å². The highest BCUT2D eigenvalue weighted by atomic mass is 32.1. The Morgan fingerprint density at radius 2 is 1.89 bits per heavy atom. The van der Waals surface area contributed by atoms with Crippen LogP contribution in [-0.2, 0) is 11.3 Å². The number of aromatic nitrogens is 2. The summed E-state index contributed by atoms with van der Waals surface area (Å²) in [5.41, 5.74) is 3.63. The van der Waals surface area contributed by atoms with E-state index in [-0.39, 0.29) is 11.5 Å². The fourth-order valence-corrected chi connectivity index (χ4v) is 5.61. The summed E-state index contributed by atoms with van der Waals surface area (Å²) in [6, 6.07) is 11.1. The molecule has 0 atom stereocenters. The van der Waals surface area contributed by atoms with Crippen molar-refractivity contribution in [3.05, 3.63) is 64.5 Å². The SMILES string of the molecule is CCCCN(C(=O)c1cccc(C)c1F)c1nnc(-c2ccc(CN3CCC(C(=O)O)CC3)cc2C)s1. The van der Waals surface area contributed by atoms with E-state index in [2.05, 4.69) is 27.2 Å². The highest BCUT2D eigenvalue weighted by molar-refractivity contribution is 7.18. The summed E-state index contributed by atoms with van der Waals surface area (Å²) in [5, 5.41) is 19.1. The number of aliphatic carboxylic acids is 1. The van der Waals surface area contributed by atoms with E-state index in [4.69, 9.17) is 0 Å². The quantitative estimate of drug-likeness (QED) is 0.386. The third-order valence-electron chi connectivity index (χ3n) is 6.91. The highest BCUT2D eigenvalue weighted by Gasteiger charge is 2.26. The largest absolute Gasteiger partial charge is 0.481 e. The summed E-state index contributed by atoms with van der Waals surface area (Å²) >= 11 is 1.33. The van der Waals surface area contributed by atoms with Crippen LogP contribution in [-0.4, -0.2) is 51.7 Å². The van der Waals surface area contributed by atoms with Crippen molar-refractivity contribution in [3.63, 3.8) is 0 Å². The van der Waals surface area contributed by atoms with Gasteiger partial charge in [-0.05, 0) is 69.0 Å². The average molecular weight is 525 g/mol. The van der Waals surface area contributed by atoms with E-state index in [0.717, 1.165) is 49.2 Å². The van der Waals surface area contributed by atoms with E-state index in [1.807, 2.05) is 19.9 Å². The molecule has 2 heterocycles. The average Bonchev–Trinajstić information content (AvgIpc) is 3.36. The Bertz CT molecular complexity index is 1270. The van der Waals surface area contributed by atoms with Gasteiger partial charge in [0, 0.05) is 18.7 Å². The number of nitrogens with zero attached hydrogens (tertiary/aromatic N) is 4. The number of carboxylic acid groups (broad SMARTS) is 1. The molecule has 1 amide bonds. The van der Waals surface area contributed by atoms with Gasteiger partial charge in [-0.2, -0.15) is 0 Å². The minimum atomic E-state index is -0.699. The fourth-order valence-electron chi connectivity index (χ4n) is 4.65. The van der Waals surface area contributed by atoms with Gasteiger partial charge in [0.2, 0.25) is 5.13 Å². The summed E-state index contributed by atoms with van der Waals surface area (Å²) < 4.78 is 14.7. The Hall–Kier alpha value is -3.17. The first-order valence-electron chi connectivity index (χ1n) is 12.7. The molecule has 1 aromatic heterocycles. The van der Waals surface area contributed by atoms with Crippen molar-refractivity contribution in [1.29, 1.82) is 0 Å². The summed E-state index contributed by atoms with van der Waals surface area (Å²) in [7, 11) is 0. The Kier molecular flexibility index (Phi) is 8.66. The lowest BCUT2D eigenvalue weighted by Gasteiger charge is -2.30. The molecule has 1 fully saturated rings. The van der Waals surface area contributed by atoms with Gasteiger partial charge in [0.1, 0.15) is 10.8 Å². The maximum Gasteiger partial charge on any atom is 0.306 e. The predicted octanol–water partition coefficient (Wildman–Crippen LogP) is 5.70. The number of rotatable bonds is 9. The molecule has 0 bridgehead atoms. The number of carbonyl (C=O) groups is 2. The number of piperidine rings is 1. The summed E-state index contributed by atoms with van der Waals surface area (Å²) in [6.07, 6.45) is 3.02. The van der Waals surface area contributed by atoms with Gasteiger partial charge >= 0.3 is 5.97 Å². The lowest BCUT2D eigenvalue weighted by Crippen LogP contribution is -2.35. The number of hydrogen-bond donors (Lipinski definition) is 1. The summed E-state index contributed by atoms with van der Waals surface area (Å²) in [6.45, 7) is 8.49. The normalized spacial score (nSPS) is 14.6. The van der Waals surface area contributed by atoms with E-state index in [0.29, 0.717) is 35.1 Å². The number of carbonyl (C=O) groups excluding carboxylic acids is 1. The van der Waals surface area contributed by atoms with Crippen LogP contribution in [0.4, 0.5) is 9.52 Å². The van der Waals surface area contributed by atoms with E-state index in [1.54, 1.807) is 19.1 Å². The van der Waals surface area contributed by atoms with Crippen LogP contribution < -0.4 is 4.90 Å². The molecule has 7 nitrogen and oxygen atoms in total. The molecular weight excluding hydrogens is 491 g/mol. The first kappa shape index (κ1) is 26.9. The van der Waals surface area contributed by atoms with Gasteiger partial charge in [0.05, 0.1) is 11.5 Å². The Balaban J connectivity index is 1.51. The Labute approximate surface area is 220 Å². The Morgan fingerprint density at radius 3 is 2.57 bits per heavy atom. The summed E-state index contributed by atoms with van der Waals surface area (Å²) in [4.78, 5) is 28.3. The van der Waals surface area contributed by atoms with Gasteiger partial charge in [-0.1, -0.05) is 55.0 Å². The Morgan fingerprint density at radius 1 is 1.14 bits per heavy atom. The van der Waals surface area contributed by atoms with Crippen LogP contribution >= 0.6 is 11.3 Å². The molecule has 1 saturated heterocycles. The molecule has 2 aromatic carbocycles. The molecule has 1 aliphatic heterocycles. The number of benzene rings is 2. The smallest absolute Gasteiger partial charge is 0.306 e. The van der Waals surface area contributed by atoms with Crippen LogP contribution in [0.15, 0.2) is 36.4 Å². The van der Waals surface area contributed by atoms with E-state index in [9.17, 15) is 19.1 Å². The van der Waals surface area contributed by atoms with Gasteiger partial charge < -0.3 is 5.11 Å². The molecule has 4 rings (SSSR count). The van der Waals surface area contributed by atoms with Crippen LogP contribution in [0.3, 0.4) is 0 Å². The molecule has 9 heteroatoms. The van der Waals surface area contributed by atoms with Crippen LogP contribution in [0.1, 0.15) is 59.7 Å². The topological polar surface area (TPSA) is 86.6 Å². The third kappa shape index (κ3) is 6.22. The molecule has 0 aliphatic carbocycles. The van der Waals surface area contributed by atoms with Gasteiger partial charge in [-0.3, -0.25) is 19.4 Å². The van der Waals surface area contributed by atoms with Gasteiger partial charge in [-0.15, -0.1) is 10.2 Å². The van der Waals surface area contributed by atoms with Gasteiger partial charge in [-0.25, -0.2) is 4.39 Å². The zero-order valence-corrected chi connectivity index (χ0v) is 22.4. The van der Waals surface area contributed by atoms with Crippen LogP contribution in [0.5, 0.6) is 0 Å². The molecule has 37 heavy (non-hydrogen) atoms. The zero-order valence-electron chi connectivity index (χ0n) is 21.5. The molecule has 1 N–H and O–H groups in total. The van der Waals surface area contributed by atoms with Gasteiger partial charge in [0.15, 0.2) is 0 Å². The van der Waals surface area contributed by atoms with Crippen molar-refractivity contribution in [3.8, 4) is 10.6 Å². The van der Waals surface area contributed by atoms with Crippen molar-refractivity contribution < 1.29 is 19.1 Å². The maximum atomic E-state index is 14.7. The zero-order chi connectivity index (χ0) is 26.5. The predicted molar refractivity (Wildman–Crippen MR) is 143 cm³/mol. The second-order valence-electron chi connectivity index (χ2n) is 9.67. The lowest BCUT2D eigenvalue weighted by atomic mass is 9.96. The van der Waals surface area contributed by atoms with Gasteiger partial charge in [0.25, 0.3) is 5.91 Å². The van der Waals surface area contributed by atoms with Crippen molar-refractivity contribution in [2.45, 2.75) is 53.0 Å². The molecule has 196 valence electrons. The first-order chi connectivity index (χ1) is 17.8. The molecule has 0 saturated carbocycles. The number of amides is 1. The standard InChI is InChI=1S/C28H33FN4O3S/c1-4-5-13-33(26(34)23-8-6-7-18(2)24(23)29)28-31-30-25(37-28)22-10-9-20(16-19(22)3)17-32-14-11-21(12-15-32)27(35)36/h6-10,16,21H,4-5,11-15,17H2,1-3H3,(H,35,36). The number of likely N-dealkylation sites (tertiary alicyclic amines) is 1. The number of halogens is 1. The summed E-state index contributed by atoms with van der Waals surface area (Å²) in [5.74, 6) is -1.85. The lowest BCUT2D eigenvalue weighted by molar-refractivity contribution is -0.143.